The lowest BCUT2D eigenvalue weighted by Gasteiger charge is -2.37. The normalized spacial score (nSPS) is 18.2. The van der Waals surface area contributed by atoms with Crippen LogP contribution in [0.4, 0.5) is 11.6 Å². The number of benzene rings is 1. The van der Waals surface area contributed by atoms with E-state index < -0.39 is 0 Å². The van der Waals surface area contributed by atoms with E-state index >= 15 is 0 Å². The van der Waals surface area contributed by atoms with E-state index in [4.69, 9.17) is 4.98 Å². The average molecular weight is 509 g/mol. The Balaban J connectivity index is 1.29. The van der Waals surface area contributed by atoms with Crippen LogP contribution in [-0.2, 0) is 11.3 Å². The third-order valence-electron chi connectivity index (χ3n) is 7.32. The Kier molecular flexibility index (Phi) is 8.57. The molecule has 1 atom stereocenters. The summed E-state index contributed by atoms with van der Waals surface area (Å²) >= 11 is 0. The SMILES string of the molecule is Cc1cccc(N2CCN(Cc3cc(=O)[nH]c(N4CCN(C(=O)C[C@@H](C)CC(C)(C)C)CC4)n3)CC2)c1. The van der Waals surface area contributed by atoms with Gasteiger partial charge in [0.2, 0.25) is 11.9 Å². The van der Waals surface area contributed by atoms with E-state index in [2.05, 4.69) is 78.6 Å². The van der Waals surface area contributed by atoms with Gasteiger partial charge in [0.05, 0.1) is 5.69 Å². The molecule has 2 saturated heterocycles. The molecule has 0 radical (unpaired) electrons. The molecule has 0 spiro atoms. The zero-order valence-corrected chi connectivity index (χ0v) is 23.3. The molecule has 0 aliphatic carbocycles. The maximum atomic E-state index is 12.8. The molecule has 2 aliphatic rings. The fourth-order valence-corrected chi connectivity index (χ4v) is 5.65. The van der Waals surface area contributed by atoms with Crippen LogP contribution in [0.5, 0.6) is 0 Å². The van der Waals surface area contributed by atoms with Gasteiger partial charge in [-0.3, -0.25) is 19.5 Å². The van der Waals surface area contributed by atoms with Gasteiger partial charge >= 0.3 is 0 Å². The summed E-state index contributed by atoms with van der Waals surface area (Å²) in [5.74, 6) is 1.23. The molecule has 1 N–H and O–H groups in total. The minimum atomic E-state index is -0.118. The van der Waals surface area contributed by atoms with Crippen LogP contribution in [0.3, 0.4) is 0 Å². The number of nitrogens with zero attached hydrogens (tertiary/aromatic N) is 5. The highest BCUT2D eigenvalue weighted by molar-refractivity contribution is 5.76. The molecule has 1 aromatic carbocycles. The number of hydrogen-bond acceptors (Lipinski definition) is 6. The summed E-state index contributed by atoms with van der Waals surface area (Å²) < 4.78 is 0. The predicted molar refractivity (Wildman–Crippen MR) is 150 cm³/mol. The number of aromatic nitrogens is 2. The van der Waals surface area contributed by atoms with Crippen molar-refractivity contribution in [3.63, 3.8) is 0 Å². The molecule has 3 heterocycles. The van der Waals surface area contributed by atoms with Crippen molar-refractivity contribution in [3.8, 4) is 0 Å². The van der Waals surface area contributed by atoms with Crippen molar-refractivity contribution in [1.82, 2.24) is 19.8 Å². The van der Waals surface area contributed by atoms with Crippen LogP contribution < -0.4 is 15.4 Å². The maximum Gasteiger partial charge on any atom is 0.252 e. The fraction of sp³-hybridized carbons (Fsp3) is 0.621. The molecule has 0 saturated carbocycles. The summed E-state index contributed by atoms with van der Waals surface area (Å²) in [6.07, 6.45) is 1.64. The first kappa shape index (κ1) is 27.2. The first-order valence-electron chi connectivity index (χ1n) is 13.7. The van der Waals surface area contributed by atoms with Crippen LogP contribution >= 0.6 is 0 Å². The topological polar surface area (TPSA) is 75.8 Å². The molecule has 1 amide bonds. The van der Waals surface area contributed by atoms with Crippen molar-refractivity contribution in [2.45, 2.75) is 54.0 Å². The van der Waals surface area contributed by atoms with Crippen LogP contribution in [0.2, 0.25) is 0 Å². The molecule has 202 valence electrons. The molecular weight excluding hydrogens is 464 g/mol. The van der Waals surface area contributed by atoms with Crippen molar-refractivity contribution in [2.24, 2.45) is 11.3 Å². The number of nitrogens with one attached hydrogen (secondary N) is 1. The molecule has 8 heteroatoms. The summed E-state index contributed by atoms with van der Waals surface area (Å²) in [7, 11) is 0. The smallest absolute Gasteiger partial charge is 0.252 e. The van der Waals surface area contributed by atoms with Gasteiger partial charge in [0.25, 0.3) is 5.56 Å². The van der Waals surface area contributed by atoms with Crippen LogP contribution in [0.15, 0.2) is 35.1 Å². The van der Waals surface area contributed by atoms with Crippen molar-refractivity contribution in [1.29, 1.82) is 0 Å². The van der Waals surface area contributed by atoms with E-state index in [-0.39, 0.29) is 16.9 Å². The Labute approximate surface area is 221 Å². The summed E-state index contributed by atoms with van der Waals surface area (Å²) in [5, 5.41) is 0. The number of piperazine rings is 2. The van der Waals surface area contributed by atoms with Gasteiger partial charge in [-0.15, -0.1) is 0 Å². The summed E-state index contributed by atoms with van der Waals surface area (Å²) in [4.78, 5) is 41.9. The average Bonchev–Trinajstić information content (AvgIpc) is 2.83. The fourth-order valence-electron chi connectivity index (χ4n) is 5.65. The van der Waals surface area contributed by atoms with Gasteiger partial charge in [-0.05, 0) is 42.4 Å². The van der Waals surface area contributed by atoms with E-state index in [0.29, 0.717) is 51.0 Å². The standard InChI is InChI=1S/C29H44N6O2/c1-22-7-6-8-25(17-22)33-11-9-32(10-12-33)21-24-19-26(36)31-28(30-24)35-15-13-34(14-16-35)27(37)18-23(2)20-29(3,4)5/h6-8,17,19,23H,9-16,18,20-21H2,1-5H3,(H,30,31,36)/t23-/m1/s1. The van der Waals surface area contributed by atoms with E-state index in [1.54, 1.807) is 6.07 Å². The maximum absolute atomic E-state index is 12.8. The molecule has 0 bridgehead atoms. The van der Waals surface area contributed by atoms with Gasteiger partial charge in [-0.25, -0.2) is 4.98 Å². The molecule has 1 aromatic heterocycles. The molecule has 2 aromatic rings. The summed E-state index contributed by atoms with van der Waals surface area (Å²) in [6.45, 7) is 18.1. The Morgan fingerprint density at radius 2 is 1.68 bits per heavy atom. The number of carbonyl (C=O) groups is 1. The number of carbonyl (C=O) groups excluding carboxylic acids is 1. The molecule has 2 fully saturated rings. The van der Waals surface area contributed by atoms with Gasteiger partial charge in [0.1, 0.15) is 0 Å². The van der Waals surface area contributed by atoms with Crippen molar-refractivity contribution in [2.75, 3.05) is 62.2 Å². The zero-order chi connectivity index (χ0) is 26.6. The first-order valence-corrected chi connectivity index (χ1v) is 13.7. The van der Waals surface area contributed by atoms with Crippen LogP contribution in [-0.4, -0.2) is 78.0 Å². The first-order chi connectivity index (χ1) is 17.6. The second kappa shape index (κ2) is 11.7. The Hall–Kier alpha value is -2.87. The number of aryl methyl sites for hydroxylation is 1. The van der Waals surface area contributed by atoms with Gasteiger partial charge in [-0.2, -0.15) is 0 Å². The Morgan fingerprint density at radius 1 is 1.00 bits per heavy atom. The van der Waals surface area contributed by atoms with E-state index in [9.17, 15) is 9.59 Å². The molecule has 4 rings (SSSR count). The summed E-state index contributed by atoms with van der Waals surface area (Å²) in [6, 6.07) is 10.3. The van der Waals surface area contributed by atoms with E-state index in [0.717, 1.165) is 38.3 Å². The van der Waals surface area contributed by atoms with E-state index in [1.165, 1.54) is 11.3 Å². The van der Waals surface area contributed by atoms with Crippen molar-refractivity contribution in [3.05, 3.63) is 51.9 Å². The number of H-pyrrole nitrogens is 1. The Morgan fingerprint density at radius 3 is 2.32 bits per heavy atom. The highest BCUT2D eigenvalue weighted by Gasteiger charge is 2.26. The Bertz CT molecular complexity index is 1110. The monoisotopic (exact) mass is 508 g/mol. The minimum absolute atomic E-state index is 0.118. The quantitative estimate of drug-likeness (QED) is 0.617. The lowest BCUT2D eigenvalue weighted by Crippen LogP contribution is -2.50. The minimum Gasteiger partial charge on any atom is -0.369 e. The number of rotatable bonds is 7. The van der Waals surface area contributed by atoms with Gasteiger partial charge in [-0.1, -0.05) is 39.8 Å². The molecule has 2 aliphatic heterocycles. The van der Waals surface area contributed by atoms with Gasteiger partial charge in [0.15, 0.2) is 0 Å². The lowest BCUT2D eigenvalue weighted by atomic mass is 9.84. The highest BCUT2D eigenvalue weighted by atomic mass is 16.2. The van der Waals surface area contributed by atoms with Crippen molar-refractivity contribution >= 4 is 17.5 Å². The highest BCUT2D eigenvalue weighted by Crippen LogP contribution is 2.26. The number of amides is 1. The van der Waals surface area contributed by atoms with Crippen LogP contribution in [0, 0.1) is 18.3 Å². The zero-order valence-electron chi connectivity index (χ0n) is 23.3. The molecule has 8 nitrogen and oxygen atoms in total. The lowest BCUT2D eigenvalue weighted by molar-refractivity contribution is -0.132. The van der Waals surface area contributed by atoms with Crippen molar-refractivity contribution < 1.29 is 4.79 Å². The second-order valence-corrected chi connectivity index (χ2v) is 12.1. The summed E-state index contributed by atoms with van der Waals surface area (Å²) in [5.41, 5.74) is 3.47. The number of hydrogen-bond donors (Lipinski definition) is 1. The molecule has 37 heavy (non-hydrogen) atoms. The van der Waals surface area contributed by atoms with Crippen LogP contribution in [0.25, 0.3) is 0 Å². The van der Waals surface area contributed by atoms with Gasteiger partial charge in [0, 0.05) is 77.1 Å². The largest absolute Gasteiger partial charge is 0.369 e. The third kappa shape index (κ3) is 7.81. The third-order valence-corrected chi connectivity index (χ3v) is 7.32. The van der Waals surface area contributed by atoms with E-state index in [1.807, 2.05) is 4.90 Å². The number of aromatic amines is 1. The van der Waals surface area contributed by atoms with Crippen LogP contribution in [0.1, 0.15) is 51.8 Å². The molecular formula is C29H44N6O2. The second-order valence-electron chi connectivity index (χ2n) is 12.1. The van der Waals surface area contributed by atoms with Gasteiger partial charge < -0.3 is 14.7 Å². The molecule has 0 unspecified atom stereocenters. The predicted octanol–water partition coefficient (Wildman–Crippen LogP) is 3.51. The number of anilines is 2.